The van der Waals surface area contributed by atoms with Gasteiger partial charge in [-0.3, -0.25) is 9.58 Å². The Morgan fingerprint density at radius 1 is 1.02 bits per heavy atom. The van der Waals surface area contributed by atoms with Crippen LogP contribution in [0.2, 0.25) is 0 Å². The first kappa shape index (κ1) is 35.4. The molecule has 1 unspecified atom stereocenters. The van der Waals surface area contributed by atoms with Crippen molar-refractivity contribution in [1.29, 1.82) is 0 Å². The Labute approximate surface area is 268 Å². The molecule has 0 spiro atoms. The molecular weight excluding hydrogens is 660 g/mol. The normalized spacial score (nSPS) is 20.6. The number of benzene rings is 1. The summed E-state index contributed by atoms with van der Waals surface area (Å²) in [6.45, 7) is 3.86. The first-order valence-corrected chi connectivity index (χ1v) is 18.1. The van der Waals surface area contributed by atoms with E-state index in [9.17, 15) is 39.9 Å². The second-order valence-electron chi connectivity index (χ2n) is 12.1. The third kappa shape index (κ3) is 8.76. The van der Waals surface area contributed by atoms with E-state index in [-0.39, 0.29) is 63.4 Å². The summed E-state index contributed by atoms with van der Waals surface area (Å²) in [5, 5.41) is 15.6. The topological polar surface area (TPSA) is 91.1 Å². The third-order valence-electron chi connectivity index (χ3n) is 8.80. The summed E-state index contributed by atoms with van der Waals surface area (Å²) in [5.74, 6) is -0.932. The zero-order valence-electron chi connectivity index (χ0n) is 25.5. The number of nitrogens with zero attached hydrogens (tertiary/aromatic N) is 5. The minimum atomic E-state index is -4.58. The van der Waals surface area contributed by atoms with Gasteiger partial charge in [0.25, 0.3) is 0 Å². The molecule has 1 N–H and O–H groups in total. The summed E-state index contributed by atoms with van der Waals surface area (Å²) in [4.78, 5) is 3.96. The van der Waals surface area contributed by atoms with Gasteiger partial charge in [-0.1, -0.05) is 6.07 Å². The highest BCUT2D eigenvalue weighted by Crippen LogP contribution is 2.40. The molecule has 4 heterocycles. The number of fused-ring (bicyclic) bond motifs is 1. The molecule has 0 saturated carbocycles. The van der Waals surface area contributed by atoms with Crippen LogP contribution >= 0.6 is 11.8 Å². The quantitative estimate of drug-likeness (QED) is 0.295. The van der Waals surface area contributed by atoms with Crippen LogP contribution in [-0.2, 0) is 40.4 Å². The van der Waals surface area contributed by atoms with Crippen molar-refractivity contribution in [2.75, 3.05) is 71.0 Å². The molecule has 2 fully saturated rings. The highest BCUT2D eigenvalue weighted by molar-refractivity contribution is 7.99. The Hall–Kier alpha value is -1.89. The first-order valence-electron chi connectivity index (χ1n) is 15.2. The largest absolute Gasteiger partial charge is 0.417 e. The second-order valence-corrected chi connectivity index (χ2v) is 15.2. The number of aromatic nitrogens is 2. The lowest BCUT2D eigenvalue weighted by molar-refractivity contribution is -0.185. The van der Waals surface area contributed by atoms with Gasteiger partial charge in [-0.15, -0.1) is 11.8 Å². The Balaban J connectivity index is 1.39. The van der Waals surface area contributed by atoms with Crippen LogP contribution in [0.1, 0.15) is 29.7 Å². The number of hydrogen-bond acceptors (Lipinski definition) is 8. The zero-order valence-corrected chi connectivity index (χ0v) is 27.1. The van der Waals surface area contributed by atoms with Crippen LogP contribution in [0.15, 0.2) is 23.1 Å². The molecule has 1 aromatic heterocycles. The minimum Gasteiger partial charge on any atom is -0.390 e. The lowest BCUT2D eigenvalue weighted by Crippen LogP contribution is -2.43. The predicted octanol–water partition coefficient (Wildman–Crippen LogP) is 3.95. The number of rotatable bonds is 10. The van der Waals surface area contributed by atoms with Crippen molar-refractivity contribution in [3.63, 3.8) is 0 Å². The number of piperidine rings is 1. The molecule has 2 saturated heterocycles. The Morgan fingerprint density at radius 3 is 2.35 bits per heavy atom. The van der Waals surface area contributed by atoms with Gasteiger partial charge in [0.05, 0.1) is 49.3 Å². The number of sulfonamides is 1. The van der Waals surface area contributed by atoms with E-state index in [0.717, 1.165) is 24.1 Å². The van der Waals surface area contributed by atoms with Gasteiger partial charge in [-0.25, -0.2) is 8.42 Å². The molecule has 0 radical (unpaired) electrons. The summed E-state index contributed by atoms with van der Waals surface area (Å²) in [6.07, 6.45) is -8.51. The van der Waals surface area contributed by atoms with E-state index in [4.69, 9.17) is 9.84 Å². The molecule has 46 heavy (non-hydrogen) atoms. The number of alkyl halides is 6. The number of β-amino-alcohol motifs (C(OH)–C–C–N with tert-alkyl or cyclic N) is 1. The van der Waals surface area contributed by atoms with Gasteiger partial charge in [-0.2, -0.15) is 35.7 Å². The van der Waals surface area contributed by atoms with Gasteiger partial charge in [0.15, 0.2) is 0 Å². The van der Waals surface area contributed by atoms with E-state index in [0.29, 0.717) is 61.1 Å². The molecule has 3 aliphatic rings. The molecule has 0 aliphatic carbocycles. The van der Waals surface area contributed by atoms with E-state index < -0.39 is 40.0 Å². The number of aliphatic hydroxyl groups is 1. The minimum absolute atomic E-state index is 0.00218. The highest BCUT2D eigenvalue weighted by Gasteiger charge is 2.41. The summed E-state index contributed by atoms with van der Waals surface area (Å²) >= 11 is 1.10. The molecule has 0 bridgehead atoms. The summed E-state index contributed by atoms with van der Waals surface area (Å²) in [5.41, 5.74) is 1.20. The van der Waals surface area contributed by atoms with Gasteiger partial charge in [-0.05, 0) is 38.1 Å². The van der Waals surface area contributed by atoms with Gasteiger partial charge < -0.3 is 14.7 Å². The summed E-state index contributed by atoms with van der Waals surface area (Å²) in [7, 11) is -3.58. The van der Waals surface area contributed by atoms with E-state index in [1.54, 1.807) is 9.58 Å². The number of likely N-dealkylation sites (tertiary alicyclic amines) is 1. The fourth-order valence-electron chi connectivity index (χ4n) is 6.26. The van der Waals surface area contributed by atoms with Crippen LogP contribution < -0.4 is 0 Å². The van der Waals surface area contributed by atoms with Crippen molar-refractivity contribution < 1.29 is 44.6 Å². The van der Waals surface area contributed by atoms with Crippen molar-refractivity contribution in [2.24, 2.45) is 5.92 Å². The molecule has 17 heteroatoms. The summed E-state index contributed by atoms with van der Waals surface area (Å²) < 4.78 is 114. The zero-order chi connectivity index (χ0) is 33.3. The van der Waals surface area contributed by atoms with Crippen LogP contribution in [0, 0.1) is 5.92 Å². The van der Waals surface area contributed by atoms with E-state index in [2.05, 4.69) is 4.90 Å². The van der Waals surface area contributed by atoms with Gasteiger partial charge in [0, 0.05) is 73.2 Å². The van der Waals surface area contributed by atoms with Crippen molar-refractivity contribution in [1.82, 2.24) is 23.9 Å². The number of hydrogen-bond donors (Lipinski definition) is 1. The van der Waals surface area contributed by atoms with Crippen molar-refractivity contribution in [3.8, 4) is 11.3 Å². The van der Waals surface area contributed by atoms with Crippen molar-refractivity contribution >= 4 is 21.8 Å². The van der Waals surface area contributed by atoms with Crippen LogP contribution in [0.3, 0.4) is 0 Å². The molecule has 1 atom stereocenters. The Morgan fingerprint density at radius 2 is 1.72 bits per heavy atom. The van der Waals surface area contributed by atoms with E-state index in [1.165, 1.54) is 16.4 Å². The van der Waals surface area contributed by atoms with Crippen LogP contribution in [0.25, 0.3) is 11.3 Å². The molecule has 5 rings (SSSR count). The molecule has 258 valence electrons. The van der Waals surface area contributed by atoms with Gasteiger partial charge in [0.1, 0.15) is 0 Å². The second kappa shape index (κ2) is 14.3. The third-order valence-corrected chi connectivity index (χ3v) is 11.1. The lowest BCUT2D eigenvalue weighted by Gasteiger charge is -2.34. The first-order chi connectivity index (χ1) is 21.6. The molecule has 2 aromatic rings. The highest BCUT2D eigenvalue weighted by atomic mass is 32.2. The average molecular weight is 700 g/mol. The van der Waals surface area contributed by atoms with Gasteiger partial charge >= 0.3 is 12.4 Å². The van der Waals surface area contributed by atoms with Crippen molar-refractivity contribution in [3.05, 3.63) is 35.0 Å². The van der Waals surface area contributed by atoms with E-state index >= 15 is 0 Å². The van der Waals surface area contributed by atoms with E-state index in [1.807, 2.05) is 0 Å². The van der Waals surface area contributed by atoms with Crippen LogP contribution in [-0.4, -0.2) is 121 Å². The molecule has 9 nitrogen and oxygen atoms in total. The number of morpholine rings is 1. The maximum absolute atomic E-state index is 14.0. The number of aliphatic hydroxyl groups excluding tert-OH is 1. The number of ether oxygens (including phenoxy) is 1. The predicted molar refractivity (Wildman–Crippen MR) is 161 cm³/mol. The molecule has 0 amide bonds. The van der Waals surface area contributed by atoms with Gasteiger partial charge in [0.2, 0.25) is 10.0 Å². The monoisotopic (exact) mass is 699 g/mol. The van der Waals surface area contributed by atoms with Crippen LogP contribution in [0.4, 0.5) is 26.3 Å². The number of halogens is 6. The van der Waals surface area contributed by atoms with Crippen molar-refractivity contribution in [2.45, 2.75) is 55.7 Å². The number of thioether (sulfide) groups is 1. The average Bonchev–Trinajstić information content (AvgIpc) is 3.34. The fourth-order valence-corrected chi connectivity index (χ4v) is 8.17. The molecule has 1 aromatic carbocycles. The molecular formula is C29H39F6N5O4S2. The molecule has 3 aliphatic heterocycles. The maximum atomic E-state index is 14.0. The SMILES string of the molecule is CS(=O)(=O)N1CCc2c(c(-c3ccc(C(F)(F)F)c(SCCN4CCOCC4)c3)nn2CC(O)CN2CCC(C(F)(F)F)CC2)C1. The summed E-state index contributed by atoms with van der Waals surface area (Å²) in [6, 6.07) is 3.80. The smallest absolute Gasteiger partial charge is 0.390 e. The Kier molecular flexibility index (Phi) is 11.0. The van der Waals surface area contributed by atoms with Crippen LogP contribution in [0.5, 0.6) is 0 Å². The Bertz CT molecular complexity index is 1460. The maximum Gasteiger partial charge on any atom is 0.417 e. The fraction of sp³-hybridized carbons (Fsp3) is 0.690. The lowest BCUT2D eigenvalue weighted by atomic mass is 9.96. The standard InChI is InChI=1S/C29H39F6N5O4S2/c1-46(42,43)39-9-6-25-23(19-39)27(36-40(25)18-22(41)17-38-7-4-21(5-8-38)28(30,31)32)20-2-3-24(29(33,34)35)26(16-20)45-15-12-37-10-13-44-14-11-37/h2-3,16,21-22,41H,4-15,17-19H2,1H3.